The van der Waals surface area contributed by atoms with Crippen LogP contribution in [0.5, 0.6) is 0 Å². The Labute approximate surface area is 109 Å². The lowest BCUT2D eigenvalue weighted by Gasteiger charge is -2.31. The van der Waals surface area contributed by atoms with Gasteiger partial charge in [0.05, 0.1) is 11.6 Å². The smallest absolute Gasteiger partial charge is 0.237 e. The molecule has 0 aromatic carbocycles. The molecule has 4 N–H and O–H groups in total. The summed E-state index contributed by atoms with van der Waals surface area (Å²) in [7, 11) is 0. The standard InChI is InChI=1S/C12H26N2O2S/c1-6-14-12(5,11(13)16)7-8(2)17-10(4)9(3)15/h8-10,14-15H,6-7H2,1-5H3,(H2,13,16). The molecular weight excluding hydrogens is 236 g/mol. The van der Waals surface area contributed by atoms with E-state index in [1.807, 2.05) is 20.8 Å². The lowest BCUT2D eigenvalue weighted by atomic mass is 9.95. The Hall–Kier alpha value is -0.260. The van der Waals surface area contributed by atoms with Crippen LogP contribution in [0.25, 0.3) is 0 Å². The molecular formula is C12H26N2O2S. The van der Waals surface area contributed by atoms with Gasteiger partial charge in [0, 0.05) is 10.5 Å². The third-order valence-corrected chi connectivity index (χ3v) is 4.39. The zero-order valence-corrected chi connectivity index (χ0v) is 12.3. The molecule has 0 bridgehead atoms. The molecule has 0 aliphatic rings. The minimum Gasteiger partial charge on any atom is -0.392 e. The number of aliphatic hydroxyl groups is 1. The molecule has 0 aliphatic heterocycles. The van der Waals surface area contributed by atoms with E-state index in [0.29, 0.717) is 13.0 Å². The molecule has 0 fully saturated rings. The van der Waals surface area contributed by atoms with Crippen LogP contribution < -0.4 is 11.1 Å². The summed E-state index contributed by atoms with van der Waals surface area (Å²) in [5.41, 5.74) is 4.77. The Balaban J connectivity index is 4.41. The molecule has 0 aromatic heterocycles. The maximum Gasteiger partial charge on any atom is 0.237 e. The fraction of sp³-hybridized carbons (Fsp3) is 0.917. The number of amides is 1. The second kappa shape index (κ2) is 7.24. The van der Waals surface area contributed by atoms with E-state index in [1.165, 1.54) is 0 Å². The highest BCUT2D eigenvalue weighted by Crippen LogP contribution is 2.26. The second-order valence-electron chi connectivity index (χ2n) is 4.82. The van der Waals surface area contributed by atoms with E-state index in [2.05, 4.69) is 12.2 Å². The van der Waals surface area contributed by atoms with Crippen LogP contribution in [0.1, 0.15) is 41.0 Å². The number of likely N-dealkylation sites (N-methyl/N-ethyl adjacent to an activating group) is 1. The molecule has 0 aliphatic carbocycles. The van der Waals surface area contributed by atoms with Crippen molar-refractivity contribution in [3.63, 3.8) is 0 Å². The zero-order chi connectivity index (χ0) is 13.6. The summed E-state index contributed by atoms with van der Waals surface area (Å²) in [6.07, 6.45) is 0.319. The van der Waals surface area contributed by atoms with Gasteiger partial charge in [-0.15, -0.1) is 0 Å². The van der Waals surface area contributed by atoms with Crippen LogP contribution in [-0.4, -0.2) is 39.7 Å². The summed E-state index contributed by atoms with van der Waals surface area (Å²) in [6.45, 7) is 10.3. The monoisotopic (exact) mass is 262 g/mol. The van der Waals surface area contributed by atoms with Gasteiger partial charge in [-0.25, -0.2) is 0 Å². The van der Waals surface area contributed by atoms with Crippen LogP contribution >= 0.6 is 11.8 Å². The summed E-state index contributed by atoms with van der Waals surface area (Å²) >= 11 is 1.68. The number of nitrogens with one attached hydrogen (secondary N) is 1. The largest absolute Gasteiger partial charge is 0.392 e. The molecule has 1 amide bonds. The number of carbonyl (C=O) groups excluding carboxylic acids is 1. The maximum atomic E-state index is 11.5. The van der Waals surface area contributed by atoms with E-state index in [4.69, 9.17) is 5.73 Å². The van der Waals surface area contributed by atoms with Gasteiger partial charge >= 0.3 is 0 Å². The molecule has 0 radical (unpaired) electrons. The SMILES string of the molecule is CCNC(C)(CC(C)SC(C)C(C)O)C(N)=O. The topological polar surface area (TPSA) is 75.3 Å². The number of aliphatic hydroxyl groups excluding tert-OH is 1. The van der Waals surface area contributed by atoms with Gasteiger partial charge in [-0.1, -0.05) is 20.8 Å². The molecule has 17 heavy (non-hydrogen) atoms. The van der Waals surface area contributed by atoms with Gasteiger partial charge in [0.25, 0.3) is 0 Å². The van der Waals surface area contributed by atoms with E-state index in [0.717, 1.165) is 0 Å². The van der Waals surface area contributed by atoms with Crippen LogP contribution in [0, 0.1) is 0 Å². The zero-order valence-electron chi connectivity index (χ0n) is 11.5. The van der Waals surface area contributed by atoms with E-state index < -0.39 is 5.54 Å². The first kappa shape index (κ1) is 16.7. The molecule has 4 nitrogen and oxygen atoms in total. The third kappa shape index (κ3) is 5.75. The molecule has 102 valence electrons. The van der Waals surface area contributed by atoms with Crippen molar-refractivity contribution < 1.29 is 9.90 Å². The molecule has 0 aromatic rings. The lowest BCUT2D eigenvalue weighted by molar-refractivity contribution is -0.124. The number of thioether (sulfide) groups is 1. The summed E-state index contributed by atoms with van der Waals surface area (Å²) in [5.74, 6) is -0.323. The van der Waals surface area contributed by atoms with E-state index in [1.54, 1.807) is 18.7 Å². The molecule has 0 spiro atoms. The molecule has 4 unspecified atom stereocenters. The van der Waals surface area contributed by atoms with Crippen molar-refractivity contribution in [1.82, 2.24) is 5.32 Å². The highest BCUT2D eigenvalue weighted by molar-refractivity contribution is 8.00. The number of hydrogen-bond acceptors (Lipinski definition) is 4. The summed E-state index contributed by atoms with van der Waals surface area (Å²) in [4.78, 5) is 11.5. The van der Waals surface area contributed by atoms with Gasteiger partial charge in [0.15, 0.2) is 0 Å². The normalized spacial score (nSPS) is 20.4. The predicted molar refractivity (Wildman–Crippen MR) is 74.1 cm³/mol. The molecule has 4 atom stereocenters. The van der Waals surface area contributed by atoms with Crippen LogP contribution in [-0.2, 0) is 4.79 Å². The van der Waals surface area contributed by atoms with Gasteiger partial charge in [-0.05, 0) is 26.8 Å². The van der Waals surface area contributed by atoms with Crippen molar-refractivity contribution in [3.8, 4) is 0 Å². The number of nitrogens with two attached hydrogens (primary N) is 1. The molecule has 0 saturated heterocycles. The first-order valence-corrected chi connectivity index (χ1v) is 7.05. The Bertz CT molecular complexity index is 249. The first-order chi connectivity index (χ1) is 7.73. The Morgan fingerprint density at radius 1 is 1.47 bits per heavy atom. The predicted octanol–water partition coefficient (Wildman–Crippen LogP) is 1.12. The summed E-state index contributed by atoms with van der Waals surface area (Å²) in [6, 6.07) is 0. The van der Waals surface area contributed by atoms with Crippen LogP contribution in [0.2, 0.25) is 0 Å². The van der Waals surface area contributed by atoms with E-state index in [9.17, 15) is 9.90 Å². The fourth-order valence-corrected chi connectivity index (χ4v) is 3.14. The minimum atomic E-state index is -0.667. The molecule has 5 heteroatoms. The molecule has 0 saturated carbocycles. The van der Waals surface area contributed by atoms with Gasteiger partial charge in [0.2, 0.25) is 5.91 Å². The van der Waals surface area contributed by atoms with Crippen molar-refractivity contribution in [3.05, 3.63) is 0 Å². The Morgan fingerprint density at radius 2 is 2.00 bits per heavy atom. The highest BCUT2D eigenvalue weighted by Gasteiger charge is 2.32. The van der Waals surface area contributed by atoms with Crippen LogP contribution in [0.4, 0.5) is 0 Å². The molecule has 0 heterocycles. The van der Waals surface area contributed by atoms with E-state index in [-0.39, 0.29) is 22.5 Å². The first-order valence-electron chi connectivity index (χ1n) is 6.11. The Kier molecular flexibility index (Phi) is 7.13. The maximum absolute atomic E-state index is 11.5. The fourth-order valence-electron chi connectivity index (χ4n) is 1.75. The number of primary amides is 1. The number of rotatable bonds is 8. The number of carbonyl (C=O) groups is 1. The van der Waals surface area contributed by atoms with Gasteiger partial charge in [-0.2, -0.15) is 11.8 Å². The van der Waals surface area contributed by atoms with Crippen molar-refractivity contribution >= 4 is 17.7 Å². The van der Waals surface area contributed by atoms with Gasteiger partial charge in [-0.3, -0.25) is 4.79 Å². The quantitative estimate of drug-likeness (QED) is 0.613. The average Bonchev–Trinajstić information content (AvgIpc) is 2.16. The van der Waals surface area contributed by atoms with Crippen molar-refractivity contribution in [1.29, 1.82) is 0 Å². The van der Waals surface area contributed by atoms with Crippen LogP contribution in [0.15, 0.2) is 0 Å². The van der Waals surface area contributed by atoms with Crippen LogP contribution in [0.3, 0.4) is 0 Å². The highest BCUT2D eigenvalue weighted by atomic mass is 32.2. The molecule has 0 rings (SSSR count). The third-order valence-electron chi connectivity index (χ3n) is 2.93. The lowest BCUT2D eigenvalue weighted by Crippen LogP contribution is -2.54. The summed E-state index contributed by atoms with van der Waals surface area (Å²) < 4.78 is 0. The van der Waals surface area contributed by atoms with Crippen molar-refractivity contribution in [2.24, 2.45) is 5.73 Å². The second-order valence-corrected chi connectivity index (χ2v) is 6.64. The van der Waals surface area contributed by atoms with Crippen molar-refractivity contribution in [2.75, 3.05) is 6.54 Å². The minimum absolute atomic E-state index is 0.156. The van der Waals surface area contributed by atoms with Gasteiger partial charge < -0.3 is 16.2 Å². The van der Waals surface area contributed by atoms with E-state index >= 15 is 0 Å². The van der Waals surface area contributed by atoms with Crippen molar-refractivity contribution in [2.45, 2.75) is 63.2 Å². The average molecular weight is 262 g/mol. The van der Waals surface area contributed by atoms with Gasteiger partial charge in [0.1, 0.15) is 0 Å². The Morgan fingerprint density at radius 3 is 2.35 bits per heavy atom. The number of hydrogen-bond donors (Lipinski definition) is 3. The summed E-state index contributed by atoms with van der Waals surface area (Å²) in [5, 5.41) is 13.0.